The molecule has 0 radical (unpaired) electrons. The van der Waals surface area contributed by atoms with Crippen molar-refractivity contribution in [3.8, 4) is 5.75 Å². The molecular formula is C24H33N3O4S. The number of carbonyl (C=O) groups is 1. The molecule has 0 unspecified atom stereocenters. The summed E-state index contributed by atoms with van der Waals surface area (Å²) in [6.45, 7) is 7.42. The van der Waals surface area contributed by atoms with Crippen LogP contribution >= 0.6 is 0 Å². The molecule has 32 heavy (non-hydrogen) atoms. The predicted molar refractivity (Wildman–Crippen MR) is 128 cm³/mol. The molecule has 1 aliphatic heterocycles. The molecular weight excluding hydrogens is 426 g/mol. The third kappa shape index (κ3) is 5.81. The number of sulfonamides is 1. The zero-order chi connectivity index (χ0) is 23.4. The lowest BCUT2D eigenvalue weighted by molar-refractivity contribution is -0.114. The van der Waals surface area contributed by atoms with Gasteiger partial charge in [-0.1, -0.05) is 39.3 Å². The number of amides is 1. The Labute approximate surface area is 191 Å². The van der Waals surface area contributed by atoms with Gasteiger partial charge in [-0.3, -0.25) is 4.79 Å². The van der Waals surface area contributed by atoms with E-state index in [0.29, 0.717) is 30.2 Å². The smallest absolute Gasteiger partial charge is 0.243 e. The van der Waals surface area contributed by atoms with Gasteiger partial charge < -0.3 is 15.4 Å². The van der Waals surface area contributed by atoms with Crippen LogP contribution < -0.4 is 15.4 Å². The summed E-state index contributed by atoms with van der Waals surface area (Å²) in [7, 11) is -1.96. The van der Waals surface area contributed by atoms with Gasteiger partial charge in [0.15, 0.2) is 0 Å². The number of hydrogen-bond donors (Lipinski definition) is 2. The van der Waals surface area contributed by atoms with Crippen molar-refractivity contribution in [2.24, 2.45) is 0 Å². The molecule has 0 atom stereocenters. The zero-order valence-electron chi connectivity index (χ0n) is 19.3. The minimum Gasteiger partial charge on any atom is -0.495 e. The number of rotatable bonds is 7. The standard InChI is InChI=1S/C24H33N3O4S/c1-24(2,3)18-11-12-22(31-4)21(15-18)26-23(28)17-25-19-9-8-10-20(16-19)32(29,30)27-13-6-5-7-14-27/h8-12,15-16,25H,5-7,13-14,17H2,1-4H3,(H,26,28). The number of benzene rings is 2. The Morgan fingerprint density at radius 2 is 1.78 bits per heavy atom. The molecule has 1 aliphatic rings. The minimum atomic E-state index is -3.52. The summed E-state index contributed by atoms with van der Waals surface area (Å²) in [5, 5.41) is 5.91. The number of nitrogens with zero attached hydrogens (tertiary/aromatic N) is 1. The van der Waals surface area contributed by atoms with Crippen LogP contribution in [0.1, 0.15) is 45.6 Å². The number of carbonyl (C=O) groups excluding carboxylic acids is 1. The van der Waals surface area contributed by atoms with E-state index in [4.69, 9.17) is 4.74 Å². The fourth-order valence-electron chi connectivity index (χ4n) is 3.67. The molecule has 174 valence electrons. The molecule has 0 aliphatic carbocycles. The summed E-state index contributed by atoms with van der Waals surface area (Å²) in [6.07, 6.45) is 2.83. The van der Waals surface area contributed by atoms with Gasteiger partial charge in [-0.05, 0) is 54.2 Å². The normalized spacial score (nSPS) is 15.2. The van der Waals surface area contributed by atoms with E-state index >= 15 is 0 Å². The summed E-state index contributed by atoms with van der Waals surface area (Å²) >= 11 is 0. The highest BCUT2D eigenvalue weighted by Crippen LogP contribution is 2.31. The number of ether oxygens (including phenoxy) is 1. The Bertz CT molecular complexity index is 1060. The number of hydrogen-bond acceptors (Lipinski definition) is 5. The molecule has 0 aromatic heterocycles. The average Bonchev–Trinajstić information content (AvgIpc) is 2.78. The Balaban J connectivity index is 1.68. The van der Waals surface area contributed by atoms with E-state index < -0.39 is 10.0 Å². The monoisotopic (exact) mass is 459 g/mol. The molecule has 1 amide bonds. The number of methoxy groups -OCH3 is 1. The van der Waals surface area contributed by atoms with Crippen molar-refractivity contribution < 1.29 is 17.9 Å². The topological polar surface area (TPSA) is 87.7 Å². The van der Waals surface area contributed by atoms with E-state index in [1.807, 2.05) is 18.2 Å². The van der Waals surface area contributed by atoms with Crippen LogP contribution in [0, 0.1) is 0 Å². The van der Waals surface area contributed by atoms with Crippen LogP contribution in [0.15, 0.2) is 47.4 Å². The van der Waals surface area contributed by atoms with Gasteiger partial charge in [0.1, 0.15) is 5.75 Å². The molecule has 0 bridgehead atoms. The first kappa shape index (κ1) is 24.1. The van der Waals surface area contributed by atoms with E-state index in [2.05, 4.69) is 31.4 Å². The highest BCUT2D eigenvalue weighted by Gasteiger charge is 2.26. The summed E-state index contributed by atoms with van der Waals surface area (Å²) in [6, 6.07) is 12.4. The number of nitrogens with one attached hydrogen (secondary N) is 2. The lowest BCUT2D eigenvalue weighted by Gasteiger charge is -2.26. The van der Waals surface area contributed by atoms with Gasteiger partial charge in [0.05, 0.1) is 24.2 Å². The molecule has 8 heteroatoms. The minimum absolute atomic E-state index is 0.00385. The van der Waals surface area contributed by atoms with Gasteiger partial charge >= 0.3 is 0 Å². The fraction of sp³-hybridized carbons (Fsp3) is 0.458. The molecule has 2 N–H and O–H groups in total. The molecule has 2 aromatic carbocycles. The summed E-state index contributed by atoms with van der Waals surface area (Å²) < 4.78 is 32.7. The van der Waals surface area contributed by atoms with Crippen LogP contribution in [0.5, 0.6) is 5.75 Å². The van der Waals surface area contributed by atoms with Crippen molar-refractivity contribution in [1.82, 2.24) is 4.31 Å². The van der Waals surface area contributed by atoms with Crippen LogP contribution in [0.3, 0.4) is 0 Å². The van der Waals surface area contributed by atoms with Crippen LogP contribution in [0.4, 0.5) is 11.4 Å². The van der Waals surface area contributed by atoms with Gasteiger partial charge in [0.25, 0.3) is 0 Å². The van der Waals surface area contributed by atoms with Crippen molar-refractivity contribution in [3.63, 3.8) is 0 Å². The maximum Gasteiger partial charge on any atom is 0.243 e. The SMILES string of the molecule is COc1ccc(C(C)(C)C)cc1NC(=O)CNc1cccc(S(=O)(=O)N2CCCCC2)c1. The lowest BCUT2D eigenvalue weighted by atomic mass is 9.87. The molecule has 1 heterocycles. The van der Waals surface area contributed by atoms with Crippen molar-refractivity contribution >= 4 is 27.3 Å². The summed E-state index contributed by atoms with van der Waals surface area (Å²) in [5.74, 6) is 0.333. The van der Waals surface area contributed by atoms with Gasteiger partial charge in [-0.2, -0.15) is 4.31 Å². The molecule has 2 aromatic rings. The maximum atomic E-state index is 12.9. The third-order valence-electron chi connectivity index (χ3n) is 5.58. The van der Waals surface area contributed by atoms with Crippen molar-refractivity contribution in [3.05, 3.63) is 48.0 Å². The maximum absolute atomic E-state index is 12.9. The number of piperidine rings is 1. The van der Waals surface area contributed by atoms with Crippen molar-refractivity contribution in [1.29, 1.82) is 0 Å². The van der Waals surface area contributed by atoms with E-state index in [-0.39, 0.29) is 22.8 Å². The molecule has 7 nitrogen and oxygen atoms in total. The first-order chi connectivity index (χ1) is 15.1. The second kappa shape index (κ2) is 9.92. The largest absolute Gasteiger partial charge is 0.495 e. The van der Waals surface area contributed by atoms with Crippen LogP contribution in [0.25, 0.3) is 0 Å². The molecule has 0 spiro atoms. The first-order valence-corrected chi connectivity index (χ1v) is 12.4. The Morgan fingerprint density at radius 1 is 1.06 bits per heavy atom. The molecule has 1 fully saturated rings. The van der Waals surface area contributed by atoms with E-state index in [1.165, 1.54) is 4.31 Å². The Hall–Kier alpha value is -2.58. The van der Waals surface area contributed by atoms with Crippen LogP contribution in [0.2, 0.25) is 0 Å². The van der Waals surface area contributed by atoms with Crippen LogP contribution in [-0.2, 0) is 20.2 Å². The Kier molecular flexibility index (Phi) is 7.46. The molecule has 1 saturated heterocycles. The van der Waals surface area contributed by atoms with Gasteiger partial charge in [-0.15, -0.1) is 0 Å². The van der Waals surface area contributed by atoms with E-state index in [1.54, 1.807) is 31.4 Å². The second-order valence-electron chi connectivity index (χ2n) is 9.06. The highest BCUT2D eigenvalue weighted by atomic mass is 32.2. The van der Waals surface area contributed by atoms with Crippen LogP contribution in [-0.4, -0.2) is 45.4 Å². The zero-order valence-corrected chi connectivity index (χ0v) is 20.1. The summed E-state index contributed by atoms with van der Waals surface area (Å²) in [5.41, 5.74) is 2.20. The van der Waals surface area contributed by atoms with Gasteiger partial charge in [-0.25, -0.2) is 8.42 Å². The quantitative estimate of drug-likeness (QED) is 0.647. The van der Waals surface area contributed by atoms with E-state index in [9.17, 15) is 13.2 Å². The summed E-state index contributed by atoms with van der Waals surface area (Å²) in [4.78, 5) is 12.8. The van der Waals surface area contributed by atoms with Gasteiger partial charge in [0.2, 0.25) is 15.9 Å². The molecule has 3 rings (SSSR count). The Morgan fingerprint density at radius 3 is 2.44 bits per heavy atom. The van der Waals surface area contributed by atoms with E-state index in [0.717, 1.165) is 24.8 Å². The highest BCUT2D eigenvalue weighted by molar-refractivity contribution is 7.89. The predicted octanol–water partition coefficient (Wildman–Crippen LogP) is 4.22. The fourth-order valence-corrected chi connectivity index (χ4v) is 5.23. The van der Waals surface area contributed by atoms with Crippen molar-refractivity contribution in [2.75, 3.05) is 37.4 Å². The average molecular weight is 460 g/mol. The number of anilines is 2. The lowest BCUT2D eigenvalue weighted by Crippen LogP contribution is -2.35. The third-order valence-corrected chi connectivity index (χ3v) is 7.47. The second-order valence-corrected chi connectivity index (χ2v) is 11.0. The van der Waals surface area contributed by atoms with Gasteiger partial charge in [0, 0.05) is 18.8 Å². The molecule has 0 saturated carbocycles. The first-order valence-electron chi connectivity index (χ1n) is 10.9. The van der Waals surface area contributed by atoms with Crippen molar-refractivity contribution in [2.45, 2.75) is 50.3 Å².